The van der Waals surface area contributed by atoms with Gasteiger partial charge in [-0.1, -0.05) is 25.7 Å². The van der Waals surface area contributed by atoms with Crippen LogP contribution in [-0.2, 0) is 4.79 Å². The van der Waals surface area contributed by atoms with Crippen LogP contribution in [-0.4, -0.2) is 60.7 Å². The maximum atomic E-state index is 12.7. The molecular formula is C19H35IN4O2. The number of aliphatic imine (C=N–C) groups is 1. The minimum atomic E-state index is -0.180. The highest BCUT2D eigenvalue weighted by molar-refractivity contribution is 14.0. The van der Waals surface area contributed by atoms with E-state index in [2.05, 4.69) is 15.6 Å². The molecular weight excluding hydrogens is 443 g/mol. The first-order valence-corrected chi connectivity index (χ1v) is 10.1. The van der Waals surface area contributed by atoms with Gasteiger partial charge in [0.2, 0.25) is 5.91 Å². The van der Waals surface area contributed by atoms with Crippen molar-refractivity contribution in [2.45, 2.75) is 69.9 Å². The van der Waals surface area contributed by atoms with E-state index in [1.807, 2.05) is 4.90 Å². The molecule has 0 radical (unpaired) electrons. The van der Waals surface area contributed by atoms with Gasteiger partial charge in [-0.2, -0.15) is 0 Å². The number of guanidine groups is 1. The van der Waals surface area contributed by atoms with Crippen molar-refractivity contribution in [2.24, 2.45) is 16.8 Å². The summed E-state index contributed by atoms with van der Waals surface area (Å²) in [7, 11) is 1.78. The zero-order valence-corrected chi connectivity index (χ0v) is 18.3. The van der Waals surface area contributed by atoms with Crippen LogP contribution in [0, 0.1) is 11.8 Å². The van der Waals surface area contributed by atoms with Gasteiger partial charge in [0.25, 0.3) is 0 Å². The van der Waals surface area contributed by atoms with Crippen LogP contribution >= 0.6 is 24.0 Å². The third-order valence-electron chi connectivity index (χ3n) is 6.17. The minimum absolute atomic E-state index is 0. The summed E-state index contributed by atoms with van der Waals surface area (Å²) in [6.07, 6.45) is 9.74. The van der Waals surface area contributed by atoms with Gasteiger partial charge < -0.3 is 20.6 Å². The Labute approximate surface area is 174 Å². The number of likely N-dealkylation sites (tertiary alicyclic amines) is 1. The van der Waals surface area contributed by atoms with Crippen molar-refractivity contribution in [1.29, 1.82) is 0 Å². The quantitative estimate of drug-likeness (QED) is 0.329. The molecule has 2 aliphatic carbocycles. The van der Waals surface area contributed by atoms with Crippen molar-refractivity contribution in [3.63, 3.8) is 0 Å². The molecule has 3 fully saturated rings. The molecule has 3 unspecified atom stereocenters. The van der Waals surface area contributed by atoms with E-state index in [-0.39, 0.29) is 42.0 Å². The molecule has 0 aromatic heterocycles. The molecule has 7 heteroatoms. The van der Waals surface area contributed by atoms with Gasteiger partial charge in [0.1, 0.15) is 0 Å². The highest BCUT2D eigenvalue weighted by Crippen LogP contribution is 2.27. The number of halogens is 1. The number of amides is 1. The van der Waals surface area contributed by atoms with Crippen LogP contribution in [0.1, 0.15) is 57.8 Å². The SMILES string of the molecule is CN=C(NCC1CCCC1O)NC1CCN(C(=O)C2CCCCC2)C1.I. The van der Waals surface area contributed by atoms with Crippen LogP contribution in [0.4, 0.5) is 0 Å². The number of hydrogen-bond acceptors (Lipinski definition) is 3. The molecule has 2 saturated carbocycles. The van der Waals surface area contributed by atoms with Crippen molar-refractivity contribution in [2.75, 3.05) is 26.7 Å². The lowest BCUT2D eigenvalue weighted by Gasteiger charge is -2.26. The zero-order chi connectivity index (χ0) is 17.6. The van der Waals surface area contributed by atoms with E-state index >= 15 is 0 Å². The summed E-state index contributed by atoms with van der Waals surface area (Å²) in [5, 5.41) is 16.7. The molecule has 1 aliphatic heterocycles. The van der Waals surface area contributed by atoms with Gasteiger partial charge in [0.15, 0.2) is 5.96 Å². The van der Waals surface area contributed by atoms with Gasteiger partial charge in [-0.15, -0.1) is 24.0 Å². The number of aliphatic hydroxyl groups is 1. The largest absolute Gasteiger partial charge is 0.393 e. The first kappa shape index (κ1) is 21.7. The van der Waals surface area contributed by atoms with Gasteiger partial charge in [-0.25, -0.2) is 0 Å². The Bertz CT molecular complexity index is 482. The van der Waals surface area contributed by atoms with Crippen LogP contribution in [0.3, 0.4) is 0 Å². The second kappa shape index (κ2) is 10.7. The van der Waals surface area contributed by atoms with Gasteiger partial charge in [-0.3, -0.25) is 9.79 Å². The van der Waals surface area contributed by atoms with E-state index in [4.69, 9.17) is 0 Å². The number of aliphatic hydroxyl groups excluding tert-OH is 1. The third kappa shape index (κ3) is 5.71. The average molecular weight is 478 g/mol. The fraction of sp³-hybridized carbons (Fsp3) is 0.895. The first-order chi connectivity index (χ1) is 12.2. The lowest BCUT2D eigenvalue weighted by atomic mass is 9.88. The van der Waals surface area contributed by atoms with Crippen LogP contribution in [0.5, 0.6) is 0 Å². The predicted molar refractivity (Wildman–Crippen MR) is 115 cm³/mol. The number of nitrogens with one attached hydrogen (secondary N) is 2. The summed E-state index contributed by atoms with van der Waals surface area (Å²) in [4.78, 5) is 19.0. The molecule has 3 aliphatic rings. The lowest BCUT2D eigenvalue weighted by molar-refractivity contribution is -0.135. The van der Waals surface area contributed by atoms with Crippen LogP contribution in [0.2, 0.25) is 0 Å². The second-order valence-electron chi connectivity index (χ2n) is 7.96. The molecule has 26 heavy (non-hydrogen) atoms. The maximum Gasteiger partial charge on any atom is 0.225 e. The van der Waals surface area contributed by atoms with Gasteiger partial charge in [-0.05, 0) is 32.1 Å². The molecule has 3 atom stereocenters. The normalized spacial score (nSPS) is 30.2. The fourth-order valence-corrected chi connectivity index (χ4v) is 4.56. The van der Waals surface area contributed by atoms with Gasteiger partial charge in [0.05, 0.1) is 6.10 Å². The average Bonchev–Trinajstić information content (AvgIpc) is 3.27. The first-order valence-electron chi connectivity index (χ1n) is 10.1. The number of rotatable bonds is 4. The molecule has 3 N–H and O–H groups in total. The Morgan fingerprint density at radius 1 is 1.12 bits per heavy atom. The number of carbonyl (C=O) groups is 1. The molecule has 150 valence electrons. The number of nitrogens with zero attached hydrogens (tertiary/aromatic N) is 2. The molecule has 0 aromatic carbocycles. The van der Waals surface area contributed by atoms with Crippen LogP contribution in [0.25, 0.3) is 0 Å². The Hall–Kier alpha value is -0.570. The monoisotopic (exact) mass is 478 g/mol. The maximum absolute atomic E-state index is 12.7. The zero-order valence-electron chi connectivity index (χ0n) is 16.0. The standard InChI is InChI=1S/C19H34N4O2.HI/c1-20-19(21-12-15-8-5-9-17(15)24)22-16-10-11-23(13-16)18(25)14-6-3-2-4-7-14;/h14-17,24H,2-13H2,1H3,(H2,20,21,22);1H. The van der Waals surface area contributed by atoms with E-state index in [0.717, 1.165) is 64.1 Å². The highest BCUT2D eigenvalue weighted by Gasteiger charge is 2.32. The van der Waals surface area contributed by atoms with E-state index in [1.54, 1.807) is 7.05 Å². The Balaban J connectivity index is 0.00000243. The van der Waals surface area contributed by atoms with E-state index in [0.29, 0.717) is 11.8 Å². The molecule has 3 rings (SSSR count). The molecule has 1 heterocycles. The Morgan fingerprint density at radius 3 is 2.54 bits per heavy atom. The lowest BCUT2D eigenvalue weighted by Crippen LogP contribution is -2.47. The predicted octanol–water partition coefficient (Wildman–Crippen LogP) is 2.11. The van der Waals surface area contributed by atoms with Gasteiger partial charge in [0, 0.05) is 44.6 Å². The fourth-order valence-electron chi connectivity index (χ4n) is 4.56. The Kier molecular flexibility index (Phi) is 8.93. The van der Waals surface area contributed by atoms with Crippen molar-refractivity contribution in [3.05, 3.63) is 0 Å². The second-order valence-corrected chi connectivity index (χ2v) is 7.96. The minimum Gasteiger partial charge on any atom is -0.393 e. The molecule has 0 bridgehead atoms. The molecule has 0 spiro atoms. The summed E-state index contributed by atoms with van der Waals surface area (Å²) in [6, 6.07) is 0.271. The van der Waals surface area contributed by atoms with Crippen molar-refractivity contribution in [1.82, 2.24) is 15.5 Å². The summed E-state index contributed by atoms with van der Waals surface area (Å²) in [6.45, 7) is 2.39. The van der Waals surface area contributed by atoms with E-state index in [9.17, 15) is 9.90 Å². The molecule has 1 saturated heterocycles. The smallest absolute Gasteiger partial charge is 0.225 e. The topological polar surface area (TPSA) is 77.0 Å². The van der Waals surface area contributed by atoms with E-state index < -0.39 is 0 Å². The molecule has 0 aromatic rings. The van der Waals surface area contributed by atoms with Crippen molar-refractivity contribution in [3.8, 4) is 0 Å². The van der Waals surface area contributed by atoms with Crippen LogP contribution in [0.15, 0.2) is 4.99 Å². The molecule has 1 amide bonds. The summed E-state index contributed by atoms with van der Waals surface area (Å²) < 4.78 is 0. The number of carbonyl (C=O) groups excluding carboxylic acids is 1. The van der Waals surface area contributed by atoms with Gasteiger partial charge >= 0.3 is 0 Å². The van der Waals surface area contributed by atoms with Crippen molar-refractivity contribution < 1.29 is 9.90 Å². The summed E-state index contributed by atoms with van der Waals surface area (Å²) in [5.74, 6) is 1.73. The van der Waals surface area contributed by atoms with E-state index in [1.165, 1.54) is 19.3 Å². The highest BCUT2D eigenvalue weighted by atomic mass is 127. The summed E-state index contributed by atoms with van der Waals surface area (Å²) >= 11 is 0. The summed E-state index contributed by atoms with van der Waals surface area (Å²) in [5.41, 5.74) is 0. The number of hydrogen-bond donors (Lipinski definition) is 3. The van der Waals surface area contributed by atoms with Crippen molar-refractivity contribution >= 4 is 35.8 Å². The third-order valence-corrected chi connectivity index (χ3v) is 6.17. The Morgan fingerprint density at radius 2 is 1.88 bits per heavy atom. The van der Waals surface area contributed by atoms with Crippen LogP contribution < -0.4 is 10.6 Å². The molecule has 6 nitrogen and oxygen atoms in total.